The van der Waals surface area contributed by atoms with E-state index in [2.05, 4.69) is 10.3 Å². The molecule has 6 nitrogen and oxygen atoms in total. The fourth-order valence-corrected chi connectivity index (χ4v) is 7.78. The van der Waals surface area contributed by atoms with Gasteiger partial charge in [0.2, 0.25) is 5.91 Å². The van der Waals surface area contributed by atoms with Crippen LogP contribution in [0.4, 0.5) is 11.4 Å². The number of aliphatic imine (C=N–C) groups is 1. The number of nitrogens with one attached hydrogen (secondary N) is 1. The van der Waals surface area contributed by atoms with E-state index in [0.717, 1.165) is 28.1 Å². The predicted octanol–water partition coefficient (Wildman–Crippen LogP) is 3.98. The van der Waals surface area contributed by atoms with Crippen molar-refractivity contribution in [2.24, 2.45) is 4.99 Å². The molecule has 164 valence electrons. The lowest BCUT2D eigenvalue weighted by molar-refractivity contribution is -0.114. The van der Waals surface area contributed by atoms with E-state index in [1.807, 2.05) is 62.1 Å². The predicted molar refractivity (Wildman–Crippen MR) is 129 cm³/mol. The van der Waals surface area contributed by atoms with Gasteiger partial charge in [0.05, 0.1) is 17.5 Å². The van der Waals surface area contributed by atoms with Crippen LogP contribution in [0.25, 0.3) is 0 Å². The average Bonchev–Trinajstić information content (AvgIpc) is 3.18. The van der Waals surface area contributed by atoms with Crippen LogP contribution >= 0.6 is 23.4 Å². The molecular weight excluding hydrogens is 454 g/mol. The Morgan fingerprint density at radius 3 is 2.52 bits per heavy atom. The van der Waals surface area contributed by atoms with E-state index in [1.54, 1.807) is 0 Å². The van der Waals surface area contributed by atoms with Gasteiger partial charge in [-0.3, -0.25) is 9.79 Å². The van der Waals surface area contributed by atoms with Crippen molar-refractivity contribution in [3.63, 3.8) is 0 Å². The summed E-state index contributed by atoms with van der Waals surface area (Å²) in [6.07, 6.45) is 0. The first-order valence-electron chi connectivity index (χ1n) is 9.97. The molecule has 1 fully saturated rings. The number of para-hydroxylation sites is 1. The Kier molecular flexibility index (Phi) is 6.07. The number of hydrogen-bond donors (Lipinski definition) is 1. The van der Waals surface area contributed by atoms with Crippen LogP contribution in [0.2, 0.25) is 5.02 Å². The maximum Gasteiger partial charge on any atom is 0.244 e. The molecule has 0 aromatic heterocycles. The lowest BCUT2D eigenvalue weighted by Gasteiger charge is -2.25. The van der Waals surface area contributed by atoms with Gasteiger partial charge in [0.1, 0.15) is 6.54 Å². The number of amidine groups is 1. The third-order valence-electron chi connectivity index (χ3n) is 5.55. The van der Waals surface area contributed by atoms with Crippen LogP contribution in [0.3, 0.4) is 0 Å². The maximum atomic E-state index is 13.0. The van der Waals surface area contributed by atoms with Crippen molar-refractivity contribution in [1.82, 2.24) is 0 Å². The number of hydrogen-bond acceptors (Lipinski definition) is 6. The molecular formula is C22H24ClN3O3S2. The summed E-state index contributed by atoms with van der Waals surface area (Å²) in [5.74, 6) is -0.000367. The number of benzene rings is 2. The fourth-order valence-electron chi connectivity index (χ4n) is 3.82. The van der Waals surface area contributed by atoms with Crippen molar-refractivity contribution < 1.29 is 13.2 Å². The maximum absolute atomic E-state index is 13.0. The Morgan fingerprint density at radius 1 is 1.16 bits per heavy atom. The van der Waals surface area contributed by atoms with Gasteiger partial charge in [-0.1, -0.05) is 47.6 Å². The van der Waals surface area contributed by atoms with Crippen LogP contribution in [0.1, 0.15) is 16.7 Å². The summed E-state index contributed by atoms with van der Waals surface area (Å²) >= 11 is 7.78. The lowest BCUT2D eigenvalue weighted by Crippen LogP contribution is -2.37. The summed E-state index contributed by atoms with van der Waals surface area (Å²) in [4.78, 5) is 19.5. The molecule has 2 aliphatic heterocycles. The third-order valence-corrected chi connectivity index (χ3v) is 9.21. The van der Waals surface area contributed by atoms with Gasteiger partial charge in [0.25, 0.3) is 0 Å². The summed E-state index contributed by atoms with van der Waals surface area (Å²) < 4.78 is 23.9. The highest BCUT2D eigenvalue weighted by Crippen LogP contribution is 2.37. The van der Waals surface area contributed by atoms with E-state index in [4.69, 9.17) is 11.6 Å². The van der Waals surface area contributed by atoms with Gasteiger partial charge in [-0.15, -0.1) is 0 Å². The summed E-state index contributed by atoms with van der Waals surface area (Å²) in [6, 6.07) is 11.2. The van der Waals surface area contributed by atoms with Gasteiger partial charge in [0, 0.05) is 21.6 Å². The summed E-state index contributed by atoms with van der Waals surface area (Å²) in [6.45, 7) is 5.88. The molecule has 1 amide bonds. The zero-order valence-corrected chi connectivity index (χ0v) is 19.9. The van der Waals surface area contributed by atoms with E-state index in [0.29, 0.717) is 10.2 Å². The number of nitrogens with zero attached hydrogens (tertiary/aromatic N) is 2. The van der Waals surface area contributed by atoms with E-state index in [-0.39, 0.29) is 35.2 Å². The highest BCUT2D eigenvalue weighted by molar-refractivity contribution is 8.15. The Morgan fingerprint density at radius 2 is 1.87 bits per heavy atom. The Bertz CT molecular complexity index is 1160. The minimum atomic E-state index is -3.05. The van der Waals surface area contributed by atoms with Crippen LogP contribution in [0.5, 0.6) is 0 Å². The van der Waals surface area contributed by atoms with Crippen molar-refractivity contribution in [2.45, 2.75) is 32.1 Å². The van der Waals surface area contributed by atoms with Crippen molar-refractivity contribution in [1.29, 1.82) is 0 Å². The van der Waals surface area contributed by atoms with Crippen molar-refractivity contribution in [2.75, 3.05) is 28.3 Å². The van der Waals surface area contributed by atoms with Crippen molar-refractivity contribution >= 4 is 55.6 Å². The first-order valence-corrected chi connectivity index (χ1v) is 13.1. The Hall–Kier alpha value is -2.03. The molecule has 1 N–H and O–H groups in total. The fraction of sp³-hybridized carbons (Fsp3) is 0.364. The molecule has 31 heavy (non-hydrogen) atoms. The number of thioether (sulfide) groups is 1. The van der Waals surface area contributed by atoms with Gasteiger partial charge in [0.15, 0.2) is 15.0 Å². The molecule has 2 aromatic rings. The number of carbonyl (C=O) groups is 1. The molecule has 2 heterocycles. The average molecular weight is 478 g/mol. The first-order chi connectivity index (χ1) is 14.6. The normalized spacial score (nSPS) is 21.5. The number of aryl methyl sites for hydroxylation is 3. The Labute approximate surface area is 192 Å². The van der Waals surface area contributed by atoms with E-state index in [9.17, 15) is 13.2 Å². The molecule has 0 radical (unpaired) electrons. The number of anilines is 2. The monoisotopic (exact) mass is 477 g/mol. The first kappa shape index (κ1) is 22.2. The minimum absolute atomic E-state index is 0.0468. The molecule has 1 saturated heterocycles. The Balaban J connectivity index is 1.62. The van der Waals surface area contributed by atoms with Gasteiger partial charge in [-0.2, -0.15) is 0 Å². The van der Waals surface area contributed by atoms with Gasteiger partial charge < -0.3 is 10.2 Å². The molecule has 0 spiro atoms. The topological polar surface area (TPSA) is 78.8 Å². The second kappa shape index (κ2) is 8.48. The quantitative estimate of drug-likeness (QED) is 0.720. The largest absolute Gasteiger partial charge is 0.324 e. The van der Waals surface area contributed by atoms with Crippen LogP contribution in [-0.4, -0.2) is 48.8 Å². The van der Waals surface area contributed by atoms with E-state index >= 15 is 0 Å². The van der Waals surface area contributed by atoms with Crippen LogP contribution in [0, 0.1) is 20.8 Å². The second-order valence-electron chi connectivity index (χ2n) is 8.05. The SMILES string of the molecule is Cc1ccc(N(CC(=O)Nc2c(C)cccc2C)C2=NC3CS(=O)(=O)CC3S2)cc1Cl. The van der Waals surface area contributed by atoms with Gasteiger partial charge in [-0.25, -0.2) is 8.42 Å². The number of carbonyl (C=O) groups excluding carboxylic acids is 1. The highest BCUT2D eigenvalue weighted by Gasteiger charge is 2.44. The summed E-state index contributed by atoms with van der Waals surface area (Å²) in [5.41, 5.74) is 4.48. The summed E-state index contributed by atoms with van der Waals surface area (Å²) in [5, 5.41) is 4.17. The van der Waals surface area contributed by atoms with Crippen molar-refractivity contribution in [3.8, 4) is 0 Å². The highest BCUT2D eigenvalue weighted by atomic mass is 35.5. The van der Waals surface area contributed by atoms with Crippen LogP contribution in [0.15, 0.2) is 41.4 Å². The smallest absolute Gasteiger partial charge is 0.244 e. The third kappa shape index (κ3) is 4.76. The zero-order valence-electron chi connectivity index (χ0n) is 17.6. The molecule has 2 aliphatic rings. The summed E-state index contributed by atoms with van der Waals surface area (Å²) in [7, 11) is -3.05. The molecule has 2 unspecified atom stereocenters. The molecule has 2 atom stereocenters. The van der Waals surface area contributed by atoms with Crippen LogP contribution < -0.4 is 10.2 Å². The van der Waals surface area contributed by atoms with E-state index < -0.39 is 9.84 Å². The van der Waals surface area contributed by atoms with Gasteiger partial charge in [-0.05, 0) is 49.6 Å². The van der Waals surface area contributed by atoms with Gasteiger partial charge >= 0.3 is 0 Å². The molecule has 2 aromatic carbocycles. The zero-order chi connectivity index (χ0) is 22.3. The molecule has 0 bridgehead atoms. The van der Waals surface area contributed by atoms with E-state index in [1.165, 1.54) is 11.8 Å². The lowest BCUT2D eigenvalue weighted by atomic mass is 10.1. The number of amides is 1. The number of rotatable bonds is 4. The number of sulfone groups is 1. The minimum Gasteiger partial charge on any atom is -0.324 e. The second-order valence-corrected chi connectivity index (χ2v) is 11.8. The van der Waals surface area contributed by atoms with Crippen molar-refractivity contribution in [3.05, 3.63) is 58.1 Å². The number of halogens is 1. The number of fused-ring (bicyclic) bond motifs is 1. The molecule has 0 aliphatic carbocycles. The molecule has 0 saturated carbocycles. The standard InChI is InChI=1S/C22H24ClN3O3S2/c1-13-7-8-16(9-17(13)23)26(22-24-18-11-31(28,29)12-19(18)30-22)10-20(27)25-21-14(2)5-4-6-15(21)3/h4-9,18-19H,10-12H2,1-3H3,(H,25,27). The molecule has 4 rings (SSSR count). The van der Waals surface area contributed by atoms with Crippen LogP contribution in [-0.2, 0) is 14.6 Å². The molecule has 9 heteroatoms.